The zero-order chi connectivity index (χ0) is 22.0. The van der Waals surface area contributed by atoms with E-state index in [1.807, 2.05) is 25.1 Å². The summed E-state index contributed by atoms with van der Waals surface area (Å²) in [6, 6.07) is 18.2. The molecule has 0 bridgehead atoms. The third-order valence-corrected chi connectivity index (χ3v) is 6.84. The molecule has 0 spiro atoms. The van der Waals surface area contributed by atoms with Gasteiger partial charge in [0.1, 0.15) is 5.75 Å². The molecule has 1 heterocycles. The highest BCUT2D eigenvalue weighted by atomic mass is 32.2. The van der Waals surface area contributed by atoms with Crippen LogP contribution in [0.4, 0.5) is 10.8 Å². The number of hydrogen-bond donors (Lipinski definition) is 2. The van der Waals surface area contributed by atoms with Gasteiger partial charge in [-0.15, -0.1) is 0 Å². The molecule has 4 rings (SSSR count). The Morgan fingerprint density at radius 1 is 1.03 bits per heavy atom. The third kappa shape index (κ3) is 4.68. The maximum Gasteiger partial charge on any atom is 0.261 e. The standard InChI is InChI=1S/C22H19N3O4S2/c1-14-6-11-19-20(12-14)30-22(23-19)24-21(26)15-4-3-5-16(13-15)25-31(27,28)18-9-7-17(29-2)8-10-18/h3-13,25H,1-2H3,(H,23,24,26). The number of nitrogens with one attached hydrogen (secondary N) is 2. The van der Waals surface area contributed by atoms with E-state index in [0.717, 1.165) is 15.8 Å². The van der Waals surface area contributed by atoms with Gasteiger partial charge in [-0.2, -0.15) is 0 Å². The lowest BCUT2D eigenvalue weighted by molar-refractivity contribution is 0.102. The highest BCUT2D eigenvalue weighted by Gasteiger charge is 2.16. The molecule has 0 saturated heterocycles. The van der Waals surface area contributed by atoms with Crippen molar-refractivity contribution in [3.05, 3.63) is 77.9 Å². The van der Waals surface area contributed by atoms with Crippen LogP contribution in [0.15, 0.2) is 71.6 Å². The number of nitrogens with zero attached hydrogens (tertiary/aromatic N) is 1. The fourth-order valence-electron chi connectivity index (χ4n) is 2.95. The number of amides is 1. The third-order valence-electron chi connectivity index (χ3n) is 4.51. The summed E-state index contributed by atoms with van der Waals surface area (Å²) in [5.41, 5.74) is 2.52. The maximum absolute atomic E-state index is 12.7. The normalized spacial score (nSPS) is 11.3. The molecule has 2 N–H and O–H groups in total. The predicted molar refractivity (Wildman–Crippen MR) is 123 cm³/mol. The number of rotatable bonds is 6. The lowest BCUT2D eigenvalue weighted by Gasteiger charge is -2.10. The molecular weight excluding hydrogens is 434 g/mol. The number of carbonyl (C=O) groups is 1. The molecule has 0 atom stereocenters. The van der Waals surface area contributed by atoms with Crippen molar-refractivity contribution in [2.24, 2.45) is 0 Å². The minimum Gasteiger partial charge on any atom is -0.497 e. The van der Waals surface area contributed by atoms with Gasteiger partial charge < -0.3 is 4.74 Å². The minimum absolute atomic E-state index is 0.0907. The van der Waals surface area contributed by atoms with Crippen molar-refractivity contribution in [1.82, 2.24) is 4.98 Å². The fourth-order valence-corrected chi connectivity index (χ4v) is 4.96. The van der Waals surface area contributed by atoms with Gasteiger partial charge in [-0.05, 0) is 67.1 Å². The molecule has 31 heavy (non-hydrogen) atoms. The molecule has 0 fully saturated rings. The van der Waals surface area contributed by atoms with E-state index < -0.39 is 10.0 Å². The Balaban J connectivity index is 1.52. The van der Waals surface area contributed by atoms with Crippen LogP contribution in [0.25, 0.3) is 10.2 Å². The highest BCUT2D eigenvalue weighted by Crippen LogP contribution is 2.27. The summed E-state index contributed by atoms with van der Waals surface area (Å²) in [5.74, 6) is 0.184. The van der Waals surface area contributed by atoms with Crippen molar-refractivity contribution in [1.29, 1.82) is 0 Å². The Bertz CT molecular complexity index is 1360. The Morgan fingerprint density at radius 3 is 2.55 bits per heavy atom. The molecular formula is C22H19N3O4S2. The van der Waals surface area contributed by atoms with E-state index in [0.29, 0.717) is 16.4 Å². The molecule has 1 amide bonds. The molecule has 9 heteroatoms. The molecule has 0 unspecified atom stereocenters. The van der Waals surface area contributed by atoms with E-state index in [2.05, 4.69) is 15.0 Å². The second-order valence-corrected chi connectivity index (χ2v) is 9.52. The zero-order valence-electron chi connectivity index (χ0n) is 16.7. The Labute approximate surface area is 183 Å². The summed E-state index contributed by atoms with van der Waals surface area (Å²) < 4.78 is 33.8. The Morgan fingerprint density at radius 2 is 1.81 bits per heavy atom. The molecule has 0 aliphatic heterocycles. The largest absolute Gasteiger partial charge is 0.497 e. The number of hydrogen-bond acceptors (Lipinski definition) is 6. The van der Waals surface area contributed by atoms with Crippen LogP contribution in [-0.4, -0.2) is 26.4 Å². The Kier molecular flexibility index (Phi) is 5.62. The van der Waals surface area contributed by atoms with E-state index in [9.17, 15) is 13.2 Å². The number of methoxy groups -OCH3 is 1. The molecule has 0 saturated carbocycles. The first kappa shape index (κ1) is 20.8. The number of aryl methyl sites for hydroxylation is 1. The molecule has 7 nitrogen and oxygen atoms in total. The number of thiazole rings is 1. The first-order valence-corrected chi connectivity index (χ1v) is 11.6. The van der Waals surface area contributed by atoms with E-state index in [1.54, 1.807) is 30.3 Å². The lowest BCUT2D eigenvalue weighted by Crippen LogP contribution is -2.15. The zero-order valence-corrected chi connectivity index (χ0v) is 18.4. The number of anilines is 2. The monoisotopic (exact) mass is 453 g/mol. The van der Waals surface area contributed by atoms with Crippen LogP contribution in [0.2, 0.25) is 0 Å². The van der Waals surface area contributed by atoms with Gasteiger partial charge in [0.25, 0.3) is 15.9 Å². The van der Waals surface area contributed by atoms with Crippen molar-refractivity contribution in [3.8, 4) is 5.75 Å². The summed E-state index contributed by atoms with van der Waals surface area (Å²) in [6.45, 7) is 2.00. The summed E-state index contributed by atoms with van der Waals surface area (Å²) in [4.78, 5) is 17.2. The van der Waals surface area contributed by atoms with Crippen molar-refractivity contribution < 1.29 is 17.9 Å². The van der Waals surface area contributed by atoms with Crippen molar-refractivity contribution >= 4 is 48.3 Å². The summed E-state index contributed by atoms with van der Waals surface area (Å²) in [7, 11) is -2.30. The van der Waals surface area contributed by atoms with Gasteiger partial charge in [0.05, 0.1) is 22.2 Å². The minimum atomic E-state index is -3.81. The Hall–Kier alpha value is -3.43. The number of carbonyl (C=O) groups excluding carboxylic acids is 1. The first-order valence-electron chi connectivity index (χ1n) is 9.29. The molecule has 0 aliphatic carbocycles. The number of ether oxygens (including phenoxy) is 1. The SMILES string of the molecule is COc1ccc(S(=O)(=O)Nc2cccc(C(=O)Nc3nc4ccc(C)cc4s3)c2)cc1. The van der Waals surface area contributed by atoms with Gasteiger partial charge in [-0.3, -0.25) is 14.8 Å². The quantitative estimate of drug-likeness (QED) is 0.442. The van der Waals surface area contributed by atoms with Gasteiger partial charge in [0.15, 0.2) is 5.13 Å². The molecule has 0 aliphatic rings. The maximum atomic E-state index is 12.7. The average Bonchev–Trinajstić information content (AvgIpc) is 3.15. The van der Waals surface area contributed by atoms with Crippen LogP contribution in [-0.2, 0) is 10.0 Å². The number of fused-ring (bicyclic) bond motifs is 1. The van der Waals surface area contributed by atoms with Crippen molar-refractivity contribution in [2.45, 2.75) is 11.8 Å². The van der Waals surface area contributed by atoms with E-state index in [-0.39, 0.29) is 16.5 Å². The predicted octanol–water partition coefficient (Wildman–Crippen LogP) is 4.67. The summed E-state index contributed by atoms with van der Waals surface area (Å²) >= 11 is 1.38. The van der Waals surface area contributed by atoms with E-state index in [1.165, 1.54) is 36.6 Å². The average molecular weight is 454 g/mol. The van der Waals surface area contributed by atoms with Crippen molar-refractivity contribution in [3.63, 3.8) is 0 Å². The van der Waals surface area contributed by atoms with Crippen LogP contribution in [0.1, 0.15) is 15.9 Å². The molecule has 3 aromatic carbocycles. The van der Waals surface area contributed by atoms with Gasteiger partial charge in [0.2, 0.25) is 0 Å². The molecule has 158 valence electrons. The smallest absolute Gasteiger partial charge is 0.261 e. The highest BCUT2D eigenvalue weighted by molar-refractivity contribution is 7.92. The van der Waals surface area contributed by atoms with Crippen LogP contribution >= 0.6 is 11.3 Å². The second-order valence-electron chi connectivity index (χ2n) is 6.81. The van der Waals surface area contributed by atoms with Gasteiger partial charge >= 0.3 is 0 Å². The van der Waals surface area contributed by atoms with Crippen LogP contribution in [0.3, 0.4) is 0 Å². The second kappa shape index (κ2) is 8.37. The molecule has 4 aromatic rings. The van der Waals surface area contributed by atoms with E-state index in [4.69, 9.17) is 4.74 Å². The topological polar surface area (TPSA) is 97.4 Å². The van der Waals surface area contributed by atoms with E-state index >= 15 is 0 Å². The summed E-state index contributed by atoms with van der Waals surface area (Å²) in [6.07, 6.45) is 0. The number of benzene rings is 3. The van der Waals surface area contributed by atoms with Crippen LogP contribution in [0.5, 0.6) is 5.75 Å². The molecule has 0 radical (unpaired) electrons. The fraction of sp³-hybridized carbons (Fsp3) is 0.0909. The first-order chi connectivity index (χ1) is 14.8. The van der Waals surface area contributed by atoms with Gasteiger partial charge in [-0.1, -0.05) is 23.5 Å². The number of sulfonamides is 1. The van der Waals surface area contributed by atoms with Crippen molar-refractivity contribution in [2.75, 3.05) is 17.1 Å². The number of aromatic nitrogens is 1. The van der Waals surface area contributed by atoms with Crippen LogP contribution in [0, 0.1) is 6.92 Å². The van der Waals surface area contributed by atoms with Gasteiger partial charge in [0, 0.05) is 11.3 Å². The van der Waals surface area contributed by atoms with Crippen LogP contribution < -0.4 is 14.8 Å². The van der Waals surface area contributed by atoms with Gasteiger partial charge in [-0.25, -0.2) is 13.4 Å². The lowest BCUT2D eigenvalue weighted by atomic mass is 10.2. The molecule has 1 aromatic heterocycles. The summed E-state index contributed by atoms with van der Waals surface area (Å²) in [5, 5.41) is 3.26.